The number of benzene rings is 2. The van der Waals surface area contributed by atoms with Gasteiger partial charge in [-0.3, -0.25) is 4.79 Å². The van der Waals surface area contributed by atoms with E-state index in [9.17, 15) is 17.6 Å². The SMILES string of the molecule is CCCn1cnc2cc(NC(=O)[C@@H]3CCN(S(=O)(=O)c4ccc(F)cc4)C3)ccc21. The predicted octanol–water partition coefficient (Wildman–Crippen LogP) is 3.23. The van der Waals surface area contributed by atoms with E-state index in [-0.39, 0.29) is 23.9 Å². The number of amides is 1. The minimum Gasteiger partial charge on any atom is -0.331 e. The summed E-state index contributed by atoms with van der Waals surface area (Å²) >= 11 is 0. The Hall–Kier alpha value is -2.78. The molecule has 1 aliphatic rings. The van der Waals surface area contributed by atoms with Gasteiger partial charge in [-0.2, -0.15) is 4.31 Å². The molecule has 0 aliphatic carbocycles. The molecule has 1 fully saturated rings. The van der Waals surface area contributed by atoms with E-state index in [4.69, 9.17) is 0 Å². The first-order chi connectivity index (χ1) is 14.4. The number of sulfonamides is 1. The van der Waals surface area contributed by atoms with Crippen molar-refractivity contribution in [2.75, 3.05) is 18.4 Å². The molecule has 30 heavy (non-hydrogen) atoms. The number of aromatic nitrogens is 2. The molecular weight excluding hydrogens is 407 g/mol. The van der Waals surface area contributed by atoms with Crippen LogP contribution in [0.2, 0.25) is 0 Å². The van der Waals surface area contributed by atoms with E-state index >= 15 is 0 Å². The van der Waals surface area contributed by atoms with Crippen LogP contribution in [0.25, 0.3) is 11.0 Å². The second-order valence-corrected chi connectivity index (χ2v) is 9.37. The minimum absolute atomic E-state index is 0.0260. The third-order valence-electron chi connectivity index (χ3n) is 5.33. The van der Waals surface area contributed by atoms with Crippen LogP contribution in [0.5, 0.6) is 0 Å². The van der Waals surface area contributed by atoms with Crippen LogP contribution < -0.4 is 5.32 Å². The minimum atomic E-state index is -3.75. The highest BCUT2D eigenvalue weighted by Crippen LogP contribution is 2.26. The van der Waals surface area contributed by atoms with Gasteiger partial charge in [-0.1, -0.05) is 6.92 Å². The number of fused-ring (bicyclic) bond motifs is 1. The Kier molecular flexibility index (Phi) is 5.57. The summed E-state index contributed by atoms with van der Waals surface area (Å²) in [5, 5.41) is 2.88. The molecular formula is C21H23FN4O3S. The number of nitrogens with zero attached hydrogens (tertiary/aromatic N) is 3. The first-order valence-electron chi connectivity index (χ1n) is 9.90. The Morgan fingerprint density at radius 1 is 1.23 bits per heavy atom. The molecule has 0 unspecified atom stereocenters. The monoisotopic (exact) mass is 430 g/mol. The van der Waals surface area contributed by atoms with Crippen LogP contribution in [-0.4, -0.2) is 41.3 Å². The van der Waals surface area contributed by atoms with Crippen molar-refractivity contribution in [3.8, 4) is 0 Å². The summed E-state index contributed by atoms with van der Waals surface area (Å²) in [7, 11) is -3.75. The summed E-state index contributed by atoms with van der Waals surface area (Å²) in [4.78, 5) is 17.1. The Morgan fingerprint density at radius 3 is 2.73 bits per heavy atom. The summed E-state index contributed by atoms with van der Waals surface area (Å²) in [6.45, 7) is 3.32. The molecule has 1 amide bonds. The largest absolute Gasteiger partial charge is 0.331 e. The third-order valence-corrected chi connectivity index (χ3v) is 7.21. The average molecular weight is 431 g/mol. The molecule has 9 heteroatoms. The molecule has 1 saturated heterocycles. The second kappa shape index (κ2) is 8.16. The molecule has 2 aromatic carbocycles. The Labute approximate surface area is 174 Å². The van der Waals surface area contributed by atoms with Crippen LogP contribution in [0, 0.1) is 11.7 Å². The van der Waals surface area contributed by atoms with Gasteiger partial charge in [-0.15, -0.1) is 0 Å². The van der Waals surface area contributed by atoms with Crippen LogP contribution in [-0.2, 0) is 21.4 Å². The summed E-state index contributed by atoms with van der Waals surface area (Å²) < 4.78 is 41.9. The first kappa shape index (κ1) is 20.5. The fraction of sp³-hybridized carbons (Fsp3) is 0.333. The molecule has 1 aromatic heterocycles. The smallest absolute Gasteiger partial charge is 0.243 e. The van der Waals surface area contributed by atoms with E-state index in [1.165, 1.54) is 16.4 Å². The fourth-order valence-electron chi connectivity index (χ4n) is 3.72. The molecule has 3 aromatic rings. The number of carbonyl (C=O) groups is 1. The number of hydrogen-bond acceptors (Lipinski definition) is 4. The Morgan fingerprint density at radius 2 is 2.00 bits per heavy atom. The molecule has 7 nitrogen and oxygen atoms in total. The number of anilines is 1. The van der Waals surface area contributed by atoms with Gasteiger partial charge in [0.2, 0.25) is 15.9 Å². The maximum atomic E-state index is 13.1. The molecule has 0 spiro atoms. The number of aryl methyl sites for hydroxylation is 1. The highest BCUT2D eigenvalue weighted by molar-refractivity contribution is 7.89. The molecule has 1 N–H and O–H groups in total. The van der Waals surface area contributed by atoms with Crippen molar-refractivity contribution in [3.05, 3.63) is 54.6 Å². The van der Waals surface area contributed by atoms with E-state index < -0.39 is 21.8 Å². The molecule has 2 heterocycles. The summed E-state index contributed by atoms with van der Waals surface area (Å²) in [6, 6.07) is 10.3. The van der Waals surface area contributed by atoms with Gasteiger partial charge < -0.3 is 9.88 Å². The van der Waals surface area contributed by atoms with Gasteiger partial charge in [0.1, 0.15) is 5.82 Å². The number of carbonyl (C=O) groups excluding carboxylic acids is 1. The lowest BCUT2D eigenvalue weighted by Gasteiger charge is -2.16. The number of hydrogen-bond donors (Lipinski definition) is 1. The zero-order valence-corrected chi connectivity index (χ0v) is 17.4. The van der Waals surface area contributed by atoms with E-state index in [1.807, 2.05) is 18.2 Å². The van der Waals surface area contributed by atoms with Crippen molar-refractivity contribution in [1.82, 2.24) is 13.9 Å². The van der Waals surface area contributed by atoms with Crippen LogP contribution in [0.15, 0.2) is 53.7 Å². The highest BCUT2D eigenvalue weighted by atomic mass is 32.2. The fourth-order valence-corrected chi connectivity index (χ4v) is 5.22. The molecule has 1 aliphatic heterocycles. The van der Waals surface area contributed by atoms with E-state index in [2.05, 4.69) is 21.8 Å². The van der Waals surface area contributed by atoms with Gasteiger partial charge in [0.15, 0.2) is 0 Å². The first-order valence-corrected chi connectivity index (χ1v) is 11.3. The molecule has 158 valence electrons. The van der Waals surface area contributed by atoms with Crippen LogP contribution >= 0.6 is 0 Å². The second-order valence-electron chi connectivity index (χ2n) is 7.43. The summed E-state index contributed by atoms with van der Waals surface area (Å²) in [5.74, 6) is -1.17. The predicted molar refractivity (Wildman–Crippen MR) is 112 cm³/mol. The van der Waals surface area contributed by atoms with Gasteiger partial charge in [0.05, 0.1) is 28.2 Å². The van der Waals surface area contributed by atoms with Gasteiger partial charge >= 0.3 is 0 Å². The van der Waals surface area contributed by atoms with E-state index in [1.54, 1.807) is 6.33 Å². The topological polar surface area (TPSA) is 84.3 Å². The Bertz CT molecular complexity index is 1170. The van der Waals surface area contributed by atoms with Gasteiger partial charge in [-0.05, 0) is 55.3 Å². The maximum Gasteiger partial charge on any atom is 0.243 e. The average Bonchev–Trinajstić information content (AvgIpc) is 3.37. The number of halogens is 1. The van der Waals surface area contributed by atoms with Crippen molar-refractivity contribution in [1.29, 1.82) is 0 Å². The lowest BCUT2D eigenvalue weighted by molar-refractivity contribution is -0.119. The van der Waals surface area contributed by atoms with Crippen molar-refractivity contribution >= 4 is 32.7 Å². The molecule has 0 saturated carbocycles. The van der Waals surface area contributed by atoms with E-state index in [0.717, 1.165) is 36.1 Å². The van der Waals surface area contributed by atoms with Crippen LogP contribution in [0.1, 0.15) is 19.8 Å². The van der Waals surface area contributed by atoms with Crippen molar-refractivity contribution < 1.29 is 17.6 Å². The number of nitrogens with one attached hydrogen (secondary N) is 1. The highest BCUT2D eigenvalue weighted by Gasteiger charge is 2.35. The lowest BCUT2D eigenvalue weighted by Crippen LogP contribution is -2.31. The maximum absolute atomic E-state index is 13.1. The van der Waals surface area contributed by atoms with Crippen molar-refractivity contribution in [2.45, 2.75) is 31.2 Å². The molecule has 4 rings (SSSR count). The van der Waals surface area contributed by atoms with E-state index in [0.29, 0.717) is 12.1 Å². The number of rotatable bonds is 6. The summed E-state index contributed by atoms with van der Waals surface area (Å²) in [5.41, 5.74) is 2.44. The molecule has 0 bridgehead atoms. The Balaban J connectivity index is 1.43. The van der Waals surface area contributed by atoms with Crippen LogP contribution in [0.3, 0.4) is 0 Å². The quantitative estimate of drug-likeness (QED) is 0.651. The summed E-state index contributed by atoms with van der Waals surface area (Å²) in [6.07, 6.45) is 3.22. The standard InChI is InChI=1S/C21H23FN4O3S/c1-2-10-25-14-23-19-12-17(5-8-20(19)25)24-21(27)15-9-11-26(13-15)30(28,29)18-6-3-16(22)4-7-18/h3-8,12,14-15H,2,9-11,13H2,1H3,(H,24,27)/t15-/m1/s1. The normalized spacial score (nSPS) is 17.5. The molecule has 1 atom stereocenters. The van der Waals surface area contributed by atoms with Crippen molar-refractivity contribution in [3.63, 3.8) is 0 Å². The zero-order valence-electron chi connectivity index (χ0n) is 16.6. The lowest BCUT2D eigenvalue weighted by atomic mass is 10.1. The molecule has 0 radical (unpaired) electrons. The number of imidazole rings is 1. The van der Waals surface area contributed by atoms with Gasteiger partial charge in [0, 0.05) is 25.3 Å². The van der Waals surface area contributed by atoms with Crippen LogP contribution in [0.4, 0.5) is 10.1 Å². The van der Waals surface area contributed by atoms with Gasteiger partial charge in [0.25, 0.3) is 0 Å². The van der Waals surface area contributed by atoms with Gasteiger partial charge in [-0.25, -0.2) is 17.8 Å². The third kappa shape index (κ3) is 3.95. The zero-order chi connectivity index (χ0) is 21.3. The van der Waals surface area contributed by atoms with Crippen molar-refractivity contribution in [2.24, 2.45) is 5.92 Å².